The monoisotopic (exact) mass is 913 g/mol. The minimum Gasteiger partial charge on any atom is -0.462 e. The van der Waals surface area contributed by atoms with Crippen LogP contribution in [0.4, 0.5) is 0 Å². The van der Waals surface area contributed by atoms with Gasteiger partial charge in [-0.3, -0.25) is 4.79 Å². The standard InChI is InChI=1S/C56H80O6S2/c1-42(2)18-13-19-43(3)20-14-21-44(4)22-15-24-48(8)38-55(63(58,59)53-32-28-46(6)29-33-53)40-50(10)26-17-27-51(11)41-56(64(60,61)54-34-30-47(7)31-35-54)39-49(9)25-16-23-45(5)36-37-62-52(12)57/h18,20,22,25-26,28-36,38,41,55-56H,13-17,19,21,23-24,27,37,39-40H2,1-12H3/b43-20+,44-22+,45-36+,48-38+,49-25+,50-26+,51-41+. The molecule has 0 bridgehead atoms. The summed E-state index contributed by atoms with van der Waals surface area (Å²) in [7, 11) is -7.34. The Hall–Kier alpha value is -4.27. The van der Waals surface area contributed by atoms with Crippen molar-refractivity contribution < 1.29 is 26.4 Å². The Morgan fingerprint density at radius 2 is 0.766 bits per heavy atom. The maximum absolute atomic E-state index is 14.2. The van der Waals surface area contributed by atoms with Crippen molar-refractivity contribution in [2.75, 3.05) is 6.61 Å². The highest BCUT2D eigenvalue weighted by Crippen LogP contribution is 2.28. The van der Waals surface area contributed by atoms with E-state index in [-0.39, 0.29) is 12.6 Å². The highest BCUT2D eigenvalue weighted by Gasteiger charge is 2.27. The molecule has 0 aromatic heterocycles. The normalized spacial score (nSPS) is 15.0. The number of carbonyl (C=O) groups is 1. The predicted molar refractivity (Wildman–Crippen MR) is 272 cm³/mol. The van der Waals surface area contributed by atoms with E-state index in [1.807, 2.05) is 91.0 Å². The minimum atomic E-state index is -3.68. The molecule has 0 saturated carbocycles. The number of esters is 1. The lowest BCUT2D eigenvalue weighted by molar-refractivity contribution is -0.139. The first kappa shape index (κ1) is 55.9. The Bertz CT molecular complexity index is 2270. The second-order valence-corrected chi connectivity index (χ2v) is 22.6. The minimum absolute atomic E-state index is 0.248. The van der Waals surface area contributed by atoms with E-state index in [4.69, 9.17) is 4.74 Å². The van der Waals surface area contributed by atoms with Crippen LogP contribution in [0.15, 0.2) is 152 Å². The van der Waals surface area contributed by atoms with Crippen LogP contribution in [0.2, 0.25) is 0 Å². The Kier molecular flexibility index (Phi) is 25.0. The zero-order valence-corrected chi connectivity index (χ0v) is 43.0. The Balaban J connectivity index is 2.25. The topological polar surface area (TPSA) is 94.6 Å². The van der Waals surface area contributed by atoms with Gasteiger partial charge in [-0.15, -0.1) is 0 Å². The molecule has 2 aromatic carbocycles. The molecule has 6 nitrogen and oxygen atoms in total. The lowest BCUT2D eigenvalue weighted by atomic mass is 10.0. The largest absolute Gasteiger partial charge is 0.462 e. The Morgan fingerprint density at radius 1 is 0.453 bits per heavy atom. The molecule has 0 spiro atoms. The van der Waals surface area contributed by atoms with Crippen molar-refractivity contribution in [3.05, 3.63) is 153 Å². The van der Waals surface area contributed by atoms with Crippen LogP contribution in [0.5, 0.6) is 0 Å². The zero-order valence-electron chi connectivity index (χ0n) is 41.4. The van der Waals surface area contributed by atoms with E-state index in [2.05, 4.69) is 58.1 Å². The summed E-state index contributed by atoms with van der Waals surface area (Å²) < 4.78 is 61.6. The van der Waals surface area contributed by atoms with Gasteiger partial charge in [-0.05, 0) is 184 Å². The third-order valence-electron chi connectivity index (χ3n) is 11.4. The number of hydrogen-bond acceptors (Lipinski definition) is 6. The Morgan fingerprint density at radius 3 is 1.11 bits per heavy atom. The molecule has 64 heavy (non-hydrogen) atoms. The van der Waals surface area contributed by atoms with Crippen molar-refractivity contribution in [2.45, 2.75) is 180 Å². The average molecular weight is 913 g/mol. The molecule has 0 N–H and O–H groups in total. The van der Waals surface area contributed by atoms with E-state index in [0.717, 1.165) is 90.4 Å². The SMILES string of the molecule is CC(=O)OC/C=C(\C)CC/C=C(\C)CC(/C=C(\C)CC/C=C(\C)CC(/C=C(\C)CC/C=C(\C)CC/C=C(\C)CCC=C(C)C)S(=O)(=O)c1ccc(C)cc1)S(=O)(=O)c1ccc(C)cc1. The molecule has 2 atom stereocenters. The second-order valence-electron chi connectivity index (χ2n) is 18.3. The number of rotatable bonds is 27. The fourth-order valence-corrected chi connectivity index (χ4v) is 10.8. The van der Waals surface area contributed by atoms with E-state index in [1.165, 1.54) is 23.6 Å². The molecule has 0 fully saturated rings. The first-order valence-corrected chi connectivity index (χ1v) is 26.2. The van der Waals surface area contributed by atoms with Gasteiger partial charge in [-0.2, -0.15) is 0 Å². The van der Waals surface area contributed by atoms with Crippen molar-refractivity contribution in [1.29, 1.82) is 0 Å². The van der Waals surface area contributed by atoms with E-state index >= 15 is 0 Å². The fraction of sp³-hybridized carbons (Fsp3) is 0.482. The van der Waals surface area contributed by atoms with E-state index in [9.17, 15) is 21.6 Å². The lowest BCUT2D eigenvalue weighted by Gasteiger charge is -2.17. The molecule has 0 saturated heterocycles. The molecule has 2 unspecified atom stereocenters. The lowest BCUT2D eigenvalue weighted by Crippen LogP contribution is -2.20. The van der Waals surface area contributed by atoms with Gasteiger partial charge in [0.2, 0.25) is 0 Å². The summed E-state index contributed by atoms with van der Waals surface area (Å²) in [5.74, 6) is -0.313. The van der Waals surface area contributed by atoms with E-state index in [1.54, 1.807) is 24.3 Å². The van der Waals surface area contributed by atoms with Crippen LogP contribution in [-0.2, 0) is 29.2 Å². The maximum Gasteiger partial charge on any atom is 0.302 e. The van der Waals surface area contributed by atoms with Gasteiger partial charge in [-0.25, -0.2) is 16.8 Å². The number of benzene rings is 2. The third-order valence-corrected chi connectivity index (χ3v) is 15.5. The summed E-state index contributed by atoms with van der Waals surface area (Å²) in [5, 5.41) is -1.45. The highest BCUT2D eigenvalue weighted by molar-refractivity contribution is 7.92. The Labute approximate surface area is 390 Å². The quantitative estimate of drug-likeness (QED) is 0.0654. The molecular weight excluding hydrogens is 833 g/mol. The zero-order chi connectivity index (χ0) is 47.9. The summed E-state index contributed by atoms with van der Waals surface area (Å²) in [5.41, 5.74) is 11.3. The first-order chi connectivity index (χ1) is 30.1. The van der Waals surface area contributed by atoms with Crippen molar-refractivity contribution >= 4 is 25.6 Å². The van der Waals surface area contributed by atoms with Gasteiger partial charge in [0, 0.05) is 6.92 Å². The molecule has 0 aliphatic rings. The number of carbonyl (C=O) groups excluding carboxylic acids is 1. The number of allylic oxidation sites excluding steroid dienone is 13. The number of aryl methyl sites for hydroxylation is 2. The molecule has 2 rings (SSSR count). The van der Waals surface area contributed by atoms with E-state index in [0.29, 0.717) is 35.5 Å². The predicted octanol–water partition coefficient (Wildman–Crippen LogP) is 15.1. The number of sulfone groups is 2. The van der Waals surface area contributed by atoms with Gasteiger partial charge in [-0.1, -0.05) is 123 Å². The molecule has 0 aliphatic heterocycles. The smallest absolute Gasteiger partial charge is 0.302 e. The van der Waals surface area contributed by atoms with Gasteiger partial charge in [0.1, 0.15) is 6.61 Å². The molecule has 0 heterocycles. The molecule has 2 aromatic rings. The molecule has 0 aliphatic carbocycles. The van der Waals surface area contributed by atoms with E-state index < -0.39 is 30.2 Å². The van der Waals surface area contributed by atoms with Crippen LogP contribution in [0.25, 0.3) is 0 Å². The molecule has 0 radical (unpaired) electrons. The summed E-state index contributed by atoms with van der Waals surface area (Å²) >= 11 is 0. The molecule has 8 heteroatoms. The van der Waals surface area contributed by atoms with Gasteiger partial charge in [0.05, 0.1) is 20.3 Å². The summed E-state index contributed by atoms with van der Waals surface area (Å²) in [6.45, 7) is 24.2. The van der Waals surface area contributed by atoms with Gasteiger partial charge in [0.15, 0.2) is 19.7 Å². The van der Waals surface area contributed by atoms with Crippen LogP contribution >= 0.6 is 0 Å². The second kappa shape index (κ2) is 28.6. The van der Waals surface area contributed by atoms with Gasteiger partial charge >= 0.3 is 5.97 Å². The number of hydrogen-bond donors (Lipinski definition) is 0. The summed E-state index contributed by atoms with van der Waals surface area (Å²) in [4.78, 5) is 11.7. The van der Waals surface area contributed by atoms with Crippen molar-refractivity contribution in [3.8, 4) is 0 Å². The van der Waals surface area contributed by atoms with Gasteiger partial charge < -0.3 is 4.74 Å². The van der Waals surface area contributed by atoms with Crippen LogP contribution in [0, 0.1) is 13.8 Å². The maximum atomic E-state index is 14.2. The summed E-state index contributed by atoms with van der Waals surface area (Å²) in [6.07, 6.45) is 26.3. The van der Waals surface area contributed by atoms with Crippen molar-refractivity contribution in [1.82, 2.24) is 0 Å². The van der Waals surface area contributed by atoms with Crippen molar-refractivity contribution in [2.24, 2.45) is 0 Å². The van der Waals surface area contributed by atoms with Gasteiger partial charge in [0.25, 0.3) is 0 Å². The molecule has 0 amide bonds. The van der Waals surface area contributed by atoms with Crippen LogP contribution in [0.3, 0.4) is 0 Å². The summed E-state index contributed by atoms with van der Waals surface area (Å²) in [6, 6.07) is 14.2. The van der Waals surface area contributed by atoms with Crippen molar-refractivity contribution in [3.63, 3.8) is 0 Å². The number of ether oxygens (including phenoxy) is 1. The third kappa shape index (κ3) is 22.1. The molecule has 352 valence electrons. The molecular formula is C56H80O6S2. The van der Waals surface area contributed by atoms with Crippen LogP contribution in [0.1, 0.15) is 157 Å². The highest BCUT2D eigenvalue weighted by atomic mass is 32.2. The fourth-order valence-electron chi connectivity index (χ4n) is 7.31. The first-order valence-electron chi connectivity index (χ1n) is 23.1. The average Bonchev–Trinajstić information content (AvgIpc) is 3.20. The van der Waals surface area contributed by atoms with Crippen LogP contribution in [-0.4, -0.2) is 39.9 Å². The van der Waals surface area contributed by atoms with Crippen LogP contribution < -0.4 is 0 Å².